The van der Waals surface area contributed by atoms with E-state index in [2.05, 4.69) is 31.4 Å². The average molecular weight is 302 g/mol. The Labute approximate surface area is 108 Å². The molecule has 5 nitrogen and oxygen atoms in total. The number of carbonyl (C=O) groups excluding carboxylic acids is 1. The Balaban J connectivity index is 2.70. The van der Waals surface area contributed by atoms with Crippen LogP contribution in [0.4, 0.5) is 0 Å². The second-order valence-corrected chi connectivity index (χ2v) is 4.90. The van der Waals surface area contributed by atoms with Gasteiger partial charge in [0.05, 0.1) is 0 Å². The van der Waals surface area contributed by atoms with Gasteiger partial charge in [-0.1, -0.05) is 29.8 Å². The third kappa shape index (κ3) is 4.30. The molecule has 1 heterocycles. The number of carbonyl (C=O) groups is 1. The molecule has 0 saturated heterocycles. The maximum atomic E-state index is 11.8. The Morgan fingerprint density at radius 2 is 2.24 bits per heavy atom. The standard InChI is InChI=1S/C11H16BrN3O2/c1-7(2)8(5-6-12)13-11(17)9-3-4-10(16)15-14-9/h3-4,7-8H,5-6H2,1-2H3,(H,13,17)(H,15,16). The van der Waals surface area contributed by atoms with E-state index in [1.807, 2.05) is 13.8 Å². The fraction of sp³-hybridized carbons (Fsp3) is 0.545. The molecule has 1 rings (SSSR count). The summed E-state index contributed by atoms with van der Waals surface area (Å²) in [5, 5.41) is 9.66. The maximum Gasteiger partial charge on any atom is 0.271 e. The first-order valence-corrected chi connectivity index (χ1v) is 6.59. The van der Waals surface area contributed by atoms with Gasteiger partial charge in [0.1, 0.15) is 5.69 Å². The molecule has 1 unspecified atom stereocenters. The van der Waals surface area contributed by atoms with Gasteiger partial charge in [-0.3, -0.25) is 9.59 Å². The van der Waals surface area contributed by atoms with Gasteiger partial charge in [-0.15, -0.1) is 0 Å². The van der Waals surface area contributed by atoms with Crippen molar-refractivity contribution in [2.24, 2.45) is 5.92 Å². The van der Waals surface area contributed by atoms with Crippen molar-refractivity contribution in [1.29, 1.82) is 0 Å². The van der Waals surface area contributed by atoms with Crippen molar-refractivity contribution in [3.63, 3.8) is 0 Å². The highest BCUT2D eigenvalue weighted by Crippen LogP contribution is 2.08. The topological polar surface area (TPSA) is 74.8 Å². The van der Waals surface area contributed by atoms with Crippen molar-refractivity contribution in [3.8, 4) is 0 Å². The molecule has 0 aliphatic carbocycles. The molecule has 1 amide bonds. The van der Waals surface area contributed by atoms with Crippen molar-refractivity contribution in [1.82, 2.24) is 15.5 Å². The van der Waals surface area contributed by atoms with E-state index in [1.54, 1.807) is 0 Å². The summed E-state index contributed by atoms with van der Waals surface area (Å²) in [7, 11) is 0. The van der Waals surface area contributed by atoms with Gasteiger partial charge in [-0.05, 0) is 18.4 Å². The van der Waals surface area contributed by atoms with Crippen LogP contribution in [0.2, 0.25) is 0 Å². The summed E-state index contributed by atoms with van der Waals surface area (Å²) < 4.78 is 0. The van der Waals surface area contributed by atoms with E-state index in [1.165, 1.54) is 12.1 Å². The van der Waals surface area contributed by atoms with Gasteiger partial charge in [0.15, 0.2) is 0 Å². The zero-order valence-corrected chi connectivity index (χ0v) is 11.5. The molecule has 6 heteroatoms. The molecule has 2 N–H and O–H groups in total. The number of hydrogen-bond donors (Lipinski definition) is 2. The molecule has 0 radical (unpaired) electrons. The van der Waals surface area contributed by atoms with Gasteiger partial charge in [-0.25, -0.2) is 5.10 Å². The van der Waals surface area contributed by atoms with Crippen molar-refractivity contribution in [2.75, 3.05) is 5.33 Å². The molecular weight excluding hydrogens is 286 g/mol. The van der Waals surface area contributed by atoms with Crippen LogP contribution in [0.5, 0.6) is 0 Å². The Hall–Kier alpha value is -1.17. The molecule has 0 bridgehead atoms. The molecule has 1 aromatic rings. The Bertz CT molecular complexity index is 410. The van der Waals surface area contributed by atoms with Crippen LogP contribution in [0.1, 0.15) is 30.8 Å². The SMILES string of the molecule is CC(C)C(CCBr)NC(=O)c1ccc(=O)[nH]n1. The lowest BCUT2D eigenvalue weighted by molar-refractivity contribution is 0.0919. The summed E-state index contributed by atoms with van der Waals surface area (Å²) in [5.74, 6) is 0.0835. The van der Waals surface area contributed by atoms with Crippen LogP contribution >= 0.6 is 15.9 Å². The Morgan fingerprint density at radius 1 is 1.53 bits per heavy atom. The summed E-state index contributed by atoms with van der Waals surface area (Å²) in [6.07, 6.45) is 0.854. The maximum absolute atomic E-state index is 11.8. The number of nitrogens with one attached hydrogen (secondary N) is 2. The lowest BCUT2D eigenvalue weighted by Crippen LogP contribution is -2.39. The van der Waals surface area contributed by atoms with Gasteiger partial charge in [0, 0.05) is 17.4 Å². The number of rotatable bonds is 5. The first kappa shape index (κ1) is 13.9. The van der Waals surface area contributed by atoms with E-state index in [4.69, 9.17) is 0 Å². The summed E-state index contributed by atoms with van der Waals surface area (Å²) in [6.45, 7) is 4.10. The molecule has 1 aromatic heterocycles. The monoisotopic (exact) mass is 301 g/mol. The first-order chi connectivity index (χ1) is 8.04. The van der Waals surface area contributed by atoms with Crippen LogP contribution in [0.25, 0.3) is 0 Å². The zero-order valence-electron chi connectivity index (χ0n) is 9.87. The van der Waals surface area contributed by atoms with Crippen molar-refractivity contribution < 1.29 is 4.79 Å². The van der Waals surface area contributed by atoms with E-state index >= 15 is 0 Å². The van der Waals surface area contributed by atoms with Crippen LogP contribution in [-0.4, -0.2) is 27.5 Å². The van der Waals surface area contributed by atoms with E-state index in [9.17, 15) is 9.59 Å². The summed E-state index contributed by atoms with van der Waals surface area (Å²) in [6, 6.07) is 2.80. The molecule has 0 aromatic carbocycles. The summed E-state index contributed by atoms with van der Waals surface area (Å²) >= 11 is 3.36. The number of aromatic nitrogens is 2. The van der Waals surface area contributed by atoms with Crippen molar-refractivity contribution in [3.05, 3.63) is 28.2 Å². The van der Waals surface area contributed by atoms with Gasteiger partial charge in [0.2, 0.25) is 0 Å². The largest absolute Gasteiger partial charge is 0.348 e. The fourth-order valence-corrected chi connectivity index (χ4v) is 1.90. The highest BCUT2D eigenvalue weighted by molar-refractivity contribution is 9.09. The Kier molecular flexibility index (Phi) is 5.34. The zero-order chi connectivity index (χ0) is 12.8. The van der Waals surface area contributed by atoms with Crippen molar-refractivity contribution in [2.45, 2.75) is 26.3 Å². The second-order valence-electron chi connectivity index (χ2n) is 4.11. The minimum Gasteiger partial charge on any atom is -0.348 e. The molecule has 0 spiro atoms. The minimum atomic E-state index is -0.317. The smallest absolute Gasteiger partial charge is 0.271 e. The van der Waals surface area contributed by atoms with Crippen LogP contribution in [0.15, 0.2) is 16.9 Å². The predicted molar refractivity (Wildman–Crippen MR) is 69.4 cm³/mol. The third-order valence-electron chi connectivity index (χ3n) is 2.45. The lowest BCUT2D eigenvalue weighted by atomic mass is 10.0. The molecule has 0 aliphatic rings. The van der Waals surface area contributed by atoms with E-state index in [0.29, 0.717) is 5.92 Å². The van der Waals surface area contributed by atoms with Gasteiger partial charge in [-0.2, -0.15) is 5.10 Å². The van der Waals surface area contributed by atoms with Gasteiger partial charge in [0.25, 0.3) is 11.5 Å². The van der Waals surface area contributed by atoms with E-state index in [-0.39, 0.29) is 23.2 Å². The number of hydrogen-bond acceptors (Lipinski definition) is 3. The molecule has 1 atom stereocenters. The Morgan fingerprint density at radius 3 is 2.71 bits per heavy atom. The molecule has 0 fully saturated rings. The number of H-pyrrole nitrogens is 1. The first-order valence-electron chi connectivity index (χ1n) is 5.47. The highest BCUT2D eigenvalue weighted by atomic mass is 79.9. The number of alkyl halides is 1. The molecule has 94 valence electrons. The second kappa shape index (κ2) is 6.54. The number of aromatic amines is 1. The van der Waals surface area contributed by atoms with E-state index in [0.717, 1.165) is 11.8 Å². The average Bonchev–Trinajstić information content (AvgIpc) is 2.29. The van der Waals surface area contributed by atoms with Gasteiger partial charge >= 0.3 is 0 Å². The number of nitrogens with zero attached hydrogens (tertiary/aromatic N) is 1. The molecule has 17 heavy (non-hydrogen) atoms. The predicted octanol–water partition coefficient (Wildman–Crippen LogP) is 1.31. The van der Waals surface area contributed by atoms with E-state index < -0.39 is 0 Å². The number of halogens is 1. The summed E-state index contributed by atoms with van der Waals surface area (Å²) in [5.41, 5.74) is -0.0905. The quantitative estimate of drug-likeness (QED) is 0.805. The fourth-order valence-electron chi connectivity index (χ4n) is 1.40. The van der Waals surface area contributed by atoms with Crippen LogP contribution in [-0.2, 0) is 0 Å². The summed E-state index contributed by atoms with van der Waals surface area (Å²) in [4.78, 5) is 22.7. The molecule has 0 saturated carbocycles. The van der Waals surface area contributed by atoms with Gasteiger partial charge < -0.3 is 5.32 Å². The molecule has 0 aliphatic heterocycles. The highest BCUT2D eigenvalue weighted by Gasteiger charge is 2.17. The lowest BCUT2D eigenvalue weighted by Gasteiger charge is -2.21. The third-order valence-corrected chi connectivity index (χ3v) is 2.91. The van der Waals surface area contributed by atoms with Crippen LogP contribution in [0.3, 0.4) is 0 Å². The van der Waals surface area contributed by atoms with Crippen LogP contribution < -0.4 is 10.9 Å². The van der Waals surface area contributed by atoms with Crippen molar-refractivity contribution >= 4 is 21.8 Å². The van der Waals surface area contributed by atoms with Crippen LogP contribution in [0, 0.1) is 5.92 Å². The number of amides is 1. The molecular formula is C11H16BrN3O2. The normalized spacial score (nSPS) is 12.5. The minimum absolute atomic E-state index is 0.0932.